The lowest BCUT2D eigenvalue weighted by Crippen LogP contribution is -2.37. The van der Waals surface area contributed by atoms with Crippen LogP contribution in [0.2, 0.25) is 0 Å². The third-order valence-electron chi connectivity index (χ3n) is 2.60. The molecule has 0 saturated carbocycles. The topological polar surface area (TPSA) is 29.1 Å². The van der Waals surface area contributed by atoms with Crippen molar-refractivity contribution in [3.63, 3.8) is 0 Å². The number of thioether (sulfide) groups is 1. The van der Waals surface area contributed by atoms with Gasteiger partial charge < -0.3 is 5.32 Å². The van der Waals surface area contributed by atoms with Gasteiger partial charge in [0.1, 0.15) is 5.78 Å². The zero-order valence-corrected chi connectivity index (χ0v) is 11.8. The minimum atomic E-state index is -0.121. The summed E-state index contributed by atoms with van der Waals surface area (Å²) in [5, 5.41) is 3.81. The molecule has 0 aliphatic heterocycles. The Morgan fingerprint density at radius 1 is 1.24 bits per heavy atom. The molecular weight excluding hydrogens is 230 g/mol. The maximum absolute atomic E-state index is 11.7. The Labute approximate surface area is 108 Å². The molecule has 0 fully saturated rings. The van der Waals surface area contributed by atoms with Gasteiger partial charge in [-0.3, -0.25) is 4.79 Å². The van der Waals surface area contributed by atoms with Crippen LogP contribution in [-0.2, 0) is 4.79 Å². The second kappa shape index (κ2) is 6.82. The van der Waals surface area contributed by atoms with Crippen LogP contribution in [0, 0.1) is 0 Å². The third-order valence-corrected chi connectivity index (χ3v) is 3.98. The van der Waals surface area contributed by atoms with Crippen LogP contribution in [0.25, 0.3) is 0 Å². The van der Waals surface area contributed by atoms with E-state index in [2.05, 4.69) is 31.3 Å². The van der Waals surface area contributed by atoms with Gasteiger partial charge in [-0.2, -0.15) is 0 Å². The Balaban J connectivity index is 2.98. The van der Waals surface area contributed by atoms with E-state index in [1.54, 1.807) is 6.92 Å². The van der Waals surface area contributed by atoms with Crippen molar-refractivity contribution in [3.8, 4) is 0 Å². The first kappa shape index (κ1) is 14.3. The molecule has 2 unspecified atom stereocenters. The first-order chi connectivity index (χ1) is 8.06. The average Bonchev–Trinajstić information content (AvgIpc) is 2.29. The Hall–Kier alpha value is -0.800. The van der Waals surface area contributed by atoms with E-state index < -0.39 is 0 Å². The van der Waals surface area contributed by atoms with Gasteiger partial charge in [-0.05, 0) is 24.8 Å². The fraction of sp³-hybridized carbons (Fsp3) is 0.500. The molecule has 0 amide bonds. The molecule has 2 atom stereocenters. The zero-order chi connectivity index (χ0) is 12.8. The van der Waals surface area contributed by atoms with E-state index in [0.717, 1.165) is 0 Å². The first-order valence-electron chi connectivity index (χ1n) is 5.94. The van der Waals surface area contributed by atoms with Crippen molar-refractivity contribution in [1.29, 1.82) is 0 Å². The van der Waals surface area contributed by atoms with Crippen molar-refractivity contribution in [2.24, 2.45) is 0 Å². The van der Waals surface area contributed by atoms with E-state index in [1.807, 2.05) is 37.0 Å². The van der Waals surface area contributed by atoms with Crippen LogP contribution in [0.5, 0.6) is 0 Å². The molecule has 0 aliphatic carbocycles. The summed E-state index contributed by atoms with van der Waals surface area (Å²) in [5.41, 5.74) is 1.21. The molecule has 3 heteroatoms. The van der Waals surface area contributed by atoms with Gasteiger partial charge in [0.2, 0.25) is 0 Å². The number of Topliss-reactive ketones (excluding diaryl/α,β-unsaturated/α-hetero) is 1. The van der Waals surface area contributed by atoms with Gasteiger partial charge in [0.05, 0.1) is 11.3 Å². The van der Waals surface area contributed by atoms with Crippen LogP contribution in [-0.4, -0.2) is 24.1 Å². The van der Waals surface area contributed by atoms with Crippen LogP contribution < -0.4 is 5.32 Å². The fourth-order valence-corrected chi connectivity index (χ4v) is 3.24. The molecule has 0 aromatic heterocycles. The second-order valence-corrected chi connectivity index (χ2v) is 6.12. The highest BCUT2D eigenvalue weighted by Gasteiger charge is 2.26. The van der Waals surface area contributed by atoms with Gasteiger partial charge in [-0.25, -0.2) is 0 Å². The Morgan fingerprint density at radius 3 is 2.24 bits per heavy atom. The van der Waals surface area contributed by atoms with Gasteiger partial charge in [0.15, 0.2) is 0 Å². The van der Waals surface area contributed by atoms with E-state index in [0.29, 0.717) is 5.25 Å². The Morgan fingerprint density at radius 2 is 1.82 bits per heavy atom. The summed E-state index contributed by atoms with van der Waals surface area (Å²) in [6.45, 7) is 5.97. The van der Waals surface area contributed by atoms with E-state index in [-0.39, 0.29) is 17.1 Å². The summed E-state index contributed by atoms with van der Waals surface area (Å²) >= 11 is 1.83. The van der Waals surface area contributed by atoms with E-state index in [4.69, 9.17) is 0 Å². The molecule has 17 heavy (non-hydrogen) atoms. The molecule has 0 bridgehead atoms. The van der Waals surface area contributed by atoms with Crippen LogP contribution in [0.15, 0.2) is 30.3 Å². The minimum absolute atomic E-state index is 0.121. The van der Waals surface area contributed by atoms with Crippen LogP contribution in [0.1, 0.15) is 31.6 Å². The monoisotopic (exact) mass is 251 g/mol. The van der Waals surface area contributed by atoms with Crippen LogP contribution in [0.4, 0.5) is 0 Å². The van der Waals surface area contributed by atoms with Crippen molar-refractivity contribution in [2.75, 3.05) is 7.05 Å². The molecule has 0 heterocycles. The molecule has 2 nitrogen and oxygen atoms in total. The zero-order valence-electron chi connectivity index (χ0n) is 10.9. The van der Waals surface area contributed by atoms with Crippen molar-refractivity contribution >= 4 is 17.5 Å². The molecule has 0 spiro atoms. The van der Waals surface area contributed by atoms with Gasteiger partial charge in [-0.15, -0.1) is 11.8 Å². The Bertz CT molecular complexity index is 350. The summed E-state index contributed by atoms with van der Waals surface area (Å²) in [6.07, 6.45) is 0. The number of benzene rings is 1. The smallest absolute Gasteiger partial charge is 0.148 e. The van der Waals surface area contributed by atoms with Gasteiger partial charge in [-0.1, -0.05) is 44.2 Å². The molecule has 1 N–H and O–H groups in total. The number of carbonyl (C=O) groups excluding carboxylic acids is 1. The van der Waals surface area contributed by atoms with Crippen LogP contribution in [0.3, 0.4) is 0 Å². The lowest BCUT2D eigenvalue weighted by Gasteiger charge is -2.26. The average molecular weight is 251 g/mol. The van der Waals surface area contributed by atoms with Gasteiger partial charge >= 0.3 is 0 Å². The normalized spacial score (nSPS) is 14.6. The predicted molar refractivity (Wildman–Crippen MR) is 75.4 cm³/mol. The summed E-state index contributed by atoms with van der Waals surface area (Å²) in [6, 6.07) is 10.1. The second-order valence-electron chi connectivity index (χ2n) is 4.39. The minimum Gasteiger partial charge on any atom is -0.309 e. The fourth-order valence-electron chi connectivity index (χ4n) is 1.85. The summed E-state index contributed by atoms with van der Waals surface area (Å²) in [4.78, 5) is 11.7. The van der Waals surface area contributed by atoms with Gasteiger partial charge in [0, 0.05) is 0 Å². The molecule has 94 valence electrons. The summed E-state index contributed by atoms with van der Waals surface area (Å²) in [7, 11) is 1.85. The first-order valence-corrected chi connectivity index (χ1v) is 6.88. The molecule has 1 aromatic rings. The van der Waals surface area contributed by atoms with Crippen molar-refractivity contribution in [3.05, 3.63) is 35.9 Å². The number of hydrogen-bond donors (Lipinski definition) is 1. The number of nitrogens with one attached hydrogen (secondary N) is 1. The number of carbonyl (C=O) groups is 1. The largest absolute Gasteiger partial charge is 0.309 e. The van der Waals surface area contributed by atoms with Crippen molar-refractivity contribution < 1.29 is 4.79 Å². The maximum atomic E-state index is 11.7. The summed E-state index contributed by atoms with van der Waals surface area (Å²) in [5.74, 6) is 0.189. The summed E-state index contributed by atoms with van der Waals surface area (Å²) < 4.78 is 0. The molecule has 0 aliphatic rings. The van der Waals surface area contributed by atoms with E-state index in [9.17, 15) is 4.79 Å². The van der Waals surface area contributed by atoms with Crippen molar-refractivity contribution in [1.82, 2.24) is 5.32 Å². The third kappa shape index (κ3) is 4.17. The van der Waals surface area contributed by atoms with E-state index >= 15 is 0 Å². The number of hydrogen-bond acceptors (Lipinski definition) is 3. The number of likely N-dealkylation sites (N-methyl/N-ethyl adjacent to an activating group) is 1. The SMILES string of the molecule is CNC(C(C)=O)C(SC(C)C)c1ccccc1. The highest BCUT2D eigenvalue weighted by molar-refractivity contribution is 8.00. The van der Waals surface area contributed by atoms with Crippen molar-refractivity contribution in [2.45, 2.75) is 37.3 Å². The van der Waals surface area contributed by atoms with E-state index in [1.165, 1.54) is 5.56 Å². The molecule has 0 saturated heterocycles. The quantitative estimate of drug-likeness (QED) is 0.842. The maximum Gasteiger partial charge on any atom is 0.148 e. The molecule has 0 radical (unpaired) electrons. The Kier molecular flexibility index (Phi) is 5.72. The number of rotatable bonds is 6. The lowest BCUT2D eigenvalue weighted by molar-refractivity contribution is -0.118. The predicted octanol–water partition coefficient (Wildman–Crippen LogP) is 3.05. The lowest BCUT2D eigenvalue weighted by atomic mass is 10.0. The highest BCUT2D eigenvalue weighted by atomic mass is 32.2. The molecular formula is C14H21NOS. The van der Waals surface area contributed by atoms with Crippen LogP contribution >= 0.6 is 11.8 Å². The highest BCUT2D eigenvalue weighted by Crippen LogP contribution is 2.35. The standard InChI is InChI=1S/C14H21NOS/c1-10(2)17-14(13(15-4)11(3)16)12-8-6-5-7-9-12/h5-10,13-15H,1-4H3. The molecule has 1 rings (SSSR count). The number of ketones is 1. The van der Waals surface area contributed by atoms with Gasteiger partial charge in [0.25, 0.3) is 0 Å². The molecule has 1 aromatic carbocycles.